The van der Waals surface area contributed by atoms with Crippen LogP contribution >= 0.6 is 38.9 Å². The van der Waals surface area contributed by atoms with E-state index in [9.17, 15) is 0 Å². The molecule has 0 N–H and O–H groups in total. The molecular weight excluding hydrogens is 356 g/mol. The predicted octanol–water partition coefficient (Wildman–Crippen LogP) is 5.52. The van der Waals surface area contributed by atoms with Gasteiger partial charge in [0.25, 0.3) is 0 Å². The van der Waals surface area contributed by atoms with Crippen LogP contribution < -0.4 is 0 Å². The lowest BCUT2D eigenvalue weighted by Crippen LogP contribution is -2.04. The molecule has 2 aromatic heterocycles. The number of halogens is 2. The molecule has 0 saturated carbocycles. The Morgan fingerprint density at radius 2 is 2.15 bits per heavy atom. The maximum absolute atomic E-state index is 6.30. The van der Waals surface area contributed by atoms with Crippen molar-refractivity contribution in [3.63, 3.8) is 0 Å². The monoisotopic (exact) mass is 368 g/mol. The third kappa shape index (κ3) is 2.65. The Labute approximate surface area is 135 Å². The molecule has 3 rings (SSSR count). The van der Waals surface area contributed by atoms with Crippen molar-refractivity contribution in [2.45, 2.75) is 25.8 Å². The minimum Gasteiger partial charge on any atom is -0.321 e. The predicted molar refractivity (Wildman–Crippen MR) is 89.9 cm³/mol. The molecule has 104 valence electrons. The molecule has 0 radical (unpaired) electrons. The second kappa shape index (κ2) is 5.51. The Hall–Kier alpha value is -0.840. The van der Waals surface area contributed by atoms with Crippen LogP contribution in [0.2, 0.25) is 0 Å². The van der Waals surface area contributed by atoms with E-state index < -0.39 is 0 Å². The fourth-order valence-electron chi connectivity index (χ4n) is 2.32. The van der Waals surface area contributed by atoms with E-state index in [4.69, 9.17) is 16.6 Å². The van der Waals surface area contributed by atoms with Gasteiger partial charge in [-0.3, -0.25) is 0 Å². The number of alkyl halides is 1. The molecule has 0 aliphatic heterocycles. The van der Waals surface area contributed by atoms with Gasteiger partial charge in [-0.25, -0.2) is 4.98 Å². The van der Waals surface area contributed by atoms with E-state index in [0.29, 0.717) is 0 Å². The quantitative estimate of drug-likeness (QED) is 0.556. The highest BCUT2D eigenvalue weighted by Crippen LogP contribution is 2.29. The van der Waals surface area contributed by atoms with Crippen LogP contribution in [0.1, 0.15) is 28.6 Å². The summed E-state index contributed by atoms with van der Waals surface area (Å²) in [5.74, 6) is 0.928. The normalized spacial score (nSPS) is 13.0. The minimum absolute atomic E-state index is 0.105. The highest BCUT2D eigenvalue weighted by atomic mass is 79.9. The number of rotatable bonds is 3. The molecule has 0 spiro atoms. The Kier molecular flexibility index (Phi) is 3.89. The molecular formula is C15H14BrClN2S. The molecule has 1 unspecified atom stereocenters. The lowest BCUT2D eigenvalue weighted by Gasteiger charge is -2.09. The van der Waals surface area contributed by atoms with E-state index in [-0.39, 0.29) is 5.38 Å². The number of thiophene rings is 1. The van der Waals surface area contributed by atoms with Crippen LogP contribution in [0.4, 0.5) is 0 Å². The summed E-state index contributed by atoms with van der Waals surface area (Å²) in [6.45, 7) is 4.86. The Balaban J connectivity index is 2.13. The van der Waals surface area contributed by atoms with Crippen molar-refractivity contribution in [1.29, 1.82) is 0 Å². The van der Waals surface area contributed by atoms with Gasteiger partial charge >= 0.3 is 0 Å². The van der Waals surface area contributed by atoms with Gasteiger partial charge in [0.15, 0.2) is 0 Å². The first-order valence-electron chi connectivity index (χ1n) is 6.39. The Morgan fingerprint density at radius 1 is 1.35 bits per heavy atom. The summed E-state index contributed by atoms with van der Waals surface area (Å²) in [6.07, 6.45) is 0. The molecule has 0 bridgehead atoms. The van der Waals surface area contributed by atoms with Gasteiger partial charge in [0.1, 0.15) is 5.82 Å². The minimum atomic E-state index is -0.105. The third-order valence-electron chi connectivity index (χ3n) is 3.23. The first-order chi connectivity index (χ1) is 9.54. The van der Waals surface area contributed by atoms with Gasteiger partial charge in [0.2, 0.25) is 0 Å². The maximum Gasteiger partial charge on any atom is 0.128 e. The molecule has 0 saturated heterocycles. The van der Waals surface area contributed by atoms with Crippen molar-refractivity contribution in [3.05, 3.63) is 50.4 Å². The van der Waals surface area contributed by atoms with E-state index in [0.717, 1.165) is 27.2 Å². The molecule has 5 heteroatoms. The smallest absolute Gasteiger partial charge is 0.128 e. The van der Waals surface area contributed by atoms with Crippen LogP contribution in [0.5, 0.6) is 0 Å². The Morgan fingerprint density at radius 3 is 2.80 bits per heavy atom. The lowest BCUT2D eigenvalue weighted by atomic mass is 10.2. The van der Waals surface area contributed by atoms with Crippen molar-refractivity contribution >= 4 is 49.9 Å². The number of imidazole rings is 1. The molecule has 1 aromatic carbocycles. The highest BCUT2D eigenvalue weighted by Gasteiger charge is 2.15. The van der Waals surface area contributed by atoms with Gasteiger partial charge in [0.05, 0.1) is 26.7 Å². The van der Waals surface area contributed by atoms with E-state index in [1.54, 1.807) is 11.3 Å². The maximum atomic E-state index is 6.30. The Bertz CT molecular complexity index is 760. The van der Waals surface area contributed by atoms with Gasteiger partial charge in [0, 0.05) is 4.88 Å². The molecule has 20 heavy (non-hydrogen) atoms. The van der Waals surface area contributed by atoms with Crippen LogP contribution in [0.3, 0.4) is 0 Å². The molecule has 1 atom stereocenters. The summed E-state index contributed by atoms with van der Waals surface area (Å²) in [5.41, 5.74) is 3.38. The molecule has 0 amide bonds. The van der Waals surface area contributed by atoms with Crippen molar-refractivity contribution < 1.29 is 0 Å². The van der Waals surface area contributed by atoms with Crippen LogP contribution in [-0.4, -0.2) is 9.55 Å². The van der Waals surface area contributed by atoms with E-state index >= 15 is 0 Å². The summed E-state index contributed by atoms with van der Waals surface area (Å²) in [7, 11) is 0. The summed E-state index contributed by atoms with van der Waals surface area (Å²) >= 11 is 11.6. The van der Waals surface area contributed by atoms with Crippen molar-refractivity contribution in [1.82, 2.24) is 9.55 Å². The van der Waals surface area contributed by atoms with Crippen LogP contribution in [0.15, 0.2) is 34.1 Å². The molecule has 0 fully saturated rings. The van der Waals surface area contributed by atoms with Crippen molar-refractivity contribution in [2.75, 3.05) is 0 Å². The van der Waals surface area contributed by atoms with E-state index in [1.165, 1.54) is 10.4 Å². The van der Waals surface area contributed by atoms with E-state index in [2.05, 4.69) is 57.8 Å². The standard InChI is InChI=1S/C15H14BrClN2S/c1-9-3-5-13-12(7-9)18-15(10(2)17)19(13)8-11-4-6-14(16)20-11/h3-7,10H,8H2,1-2H3. The zero-order valence-electron chi connectivity index (χ0n) is 11.2. The molecule has 0 aliphatic rings. The number of aryl methyl sites for hydroxylation is 1. The fraction of sp³-hybridized carbons (Fsp3) is 0.267. The summed E-state index contributed by atoms with van der Waals surface area (Å²) < 4.78 is 3.36. The average Bonchev–Trinajstić information content (AvgIpc) is 2.94. The first-order valence-corrected chi connectivity index (χ1v) is 8.44. The van der Waals surface area contributed by atoms with Crippen LogP contribution in [-0.2, 0) is 6.54 Å². The van der Waals surface area contributed by atoms with Crippen LogP contribution in [0.25, 0.3) is 11.0 Å². The number of fused-ring (bicyclic) bond motifs is 1. The molecule has 2 heterocycles. The highest BCUT2D eigenvalue weighted by molar-refractivity contribution is 9.11. The van der Waals surface area contributed by atoms with Gasteiger partial charge in [-0.15, -0.1) is 22.9 Å². The zero-order chi connectivity index (χ0) is 14.3. The van der Waals surface area contributed by atoms with Gasteiger partial charge < -0.3 is 4.57 Å². The first kappa shape index (κ1) is 14.1. The molecule has 2 nitrogen and oxygen atoms in total. The number of aromatic nitrogens is 2. The second-order valence-corrected chi connectivity index (χ2v) is 8.07. The number of hydrogen-bond acceptors (Lipinski definition) is 2. The summed E-state index contributed by atoms with van der Waals surface area (Å²) in [6, 6.07) is 10.6. The zero-order valence-corrected chi connectivity index (χ0v) is 14.4. The second-order valence-electron chi connectivity index (χ2n) is 4.87. The number of benzene rings is 1. The topological polar surface area (TPSA) is 17.8 Å². The van der Waals surface area contributed by atoms with Gasteiger partial charge in [-0.05, 0) is 59.6 Å². The van der Waals surface area contributed by atoms with Crippen molar-refractivity contribution in [3.8, 4) is 0 Å². The largest absolute Gasteiger partial charge is 0.321 e. The SMILES string of the molecule is Cc1ccc2c(c1)nc(C(C)Cl)n2Cc1ccc(Br)s1. The fourth-order valence-corrected chi connectivity index (χ4v) is 3.96. The lowest BCUT2D eigenvalue weighted by molar-refractivity contribution is 0.750. The summed E-state index contributed by atoms with van der Waals surface area (Å²) in [4.78, 5) is 5.99. The van der Waals surface area contributed by atoms with Crippen LogP contribution in [0, 0.1) is 6.92 Å². The average molecular weight is 370 g/mol. The molecule has 0 aliphatic carbocycles. The van der Waals surface area contributed by atoms with Gasteiger partial charge in [-0.2, -0.15) is 0 Å². The summed E-state index contributed by atoms with van der Waals surface area (Å²) in [5, 5.41) is -0.105. The van der Waals surface area contributed by atoms with E-state index in [1.807, 2.05) is 6.92 Å². The number of nitrogens with zero attached hydrogens (tertiary/aromatic N) is 2. The van der Waals surface area contributed by atoms with Gasteiger partial charge in [-0.1, -0.05) is 6.07 Å². The number of hydrogen-bond donors (Lipinski definition) is 0. The molecule has 3 aromatic rings. The third-order valence-corrected chi connectivity index (χ3v) is 5.04. The van der Waals surface area contributed by atoms with Crippen molar-refractivity contribution in [2.24, 2.45) is 0 Å².